The van der Waals surface area contributed by atoms with Crippen LogP contribution >= 0.6 is 0 Å². The highest BCUT2D eigenvalue weighted by Crippen LogP contribution is 2.04. The van der Waals surface area contributed by atoms with E-state index in [2.05, 4.69) is 16.0 Å². The van der Waals surface area contributed by atoms with Crippen molar-refractivity contribution in [2.75, 3.05) is 6.54 Å². The maximum atomic E-state index is 11.9. The van der Waals surface area contributed by atoms with Crippen molar-refractivity contribution in [1.29, 1.82) is 0 Å². The minimum Gasteiger partial charge on any atom is -0.548 e. The number of nitrogens with one attached hydrogen (secondary N) is 2. The number of hydrogen-bond donors (Lipinski definition) is 5. The molecule has 0 spiro atoms. The van der Waals surface area contributed by atoms with Gasteiger partial charge in [0, 0.05) is 5.92 Å². The van der Waals surface area contributed by atoms with Crippen LogP contribution in [-0.2, 0) is 9.59 Å². The Morgan fingerprint density at radius 2 is 2.00 bits per heavy atom. The lowest BCUT2D eigenvalue weighted by molar-refractivity contribution is -0.459. The summed E-state index contributed by atoms with van der Waals surface area (Å²) in [5, 5.41) is 13.5. The van der Waals surface area contributed by atoms with Crippen LogP contribution in [0.5, 0.6) is 0 Å². The summed E-state index contributed by atoms with van der Waals surface area (Å²) in [5.41, 5.74) is 14.2. The summed E-state index contributed by atoms with van der Waals surface area (Å²) >= 11 is 0. The largest absolute Gasteiger partial charge is 0.548 e. The number of nitrogens with two attached hydrogens (primary N) is 2. The van der Waals surface area contributed by atoms with E-state index in [4.69, 9.17) is 11.5 Å². The van der Waals surface area contributed by atoms with E-state index in [9.17, 15) is 14.7 Å². The zero-order valence-electron chi connectivity index (χ0n) is 12.1. The molecule has 0 heterocycles. The van der Waals surface area contributed by atoms with Crippen molar-refractivity contribution < 1.29 is 25.4 Å². The number of rotatable bonds is 9. The van der Waals surface area contributed by atoms with Crippen LogP contribution in [0.15, 0.2) is 0 Å². The molecule has 9 N–H and O–H groups in total. The first-order valence-electron chi connectivity index (χ1n) is 6.75. The van der Waals surface area contributed by atoms with E-state index in [1.165, 1.54) is 0 Å². The van der Waals surface area contributed by atoms with Crippen LogP contribution in [0.1, 0.15) is 33.1 Å². The Labute approximate surface area is 118 Å². The van der Waals surface area contributed by atoms with Gasteiger partial charge in [-0.2, -0.15) is 0 Å². The summed E-state index contributed by atoms with van der Waals surface area (Å²) in [6, 6.07) is -1.51. The van der Waals surface area contributed by atoms with Crippen LogP contribution in [0.4, 0.5) is 0 Å². The van der Waals surface area contributed by atoms with Crippen LogP contribution in [-0.4, -0.2) is 36.5 Å². The Balaban J connectivity index is 4.37. The lowest BCUT2D eigenvalue weighted by Gasteiger charge is -2.22. The number of amides is 1. The molecule has 0 aliphatic rings. The van der Waals surface area contributed by atoms with Crippen molar-refractivity contribution in [2.24, 2.45) is 17.4 Å². The number of aliphatic carboxylic acids is 1. The fourth-order valence-corrected chi connectivity index (χ4v) is 1.61. The molecular formula is C12H26N5O3+. The first-order valence-corrected chi connectivity index (χ1v) is 6.75. The average molecular weight is 288 g/mol. The van der Waals surface area contributed by atoms with Crippen LogP contribution in [0.3, 0.4) is 0 Å². The van der Waals surface area contributed by atoms with Crippen LogP contribution in [0.25, 0.3) is 0 Å². The molecule has 0 radical (unpaired) electrons. The second-order valence-electron chi connectivity index (χ2n) is 4.90. The monoisotopic (exact) mass is 288 g/mol. The van der Waals surface area contributed by atoms with E-state index in [0.29, 0.717) is 13.0 Å². The van der Waals surface area contributed by atoms with Gasteiger partial charge < -0.3 is 21.0 Å². The van der Waals surface area contributed by atoms with Crippen LogP contribution in [0, 0.1) is 5.92 Å². The smallest absolute Gasteiger partial charge is 0.338 e. The predicted octanol–water partition coefficient (Wildman–Crippen LogP) is -4.99. The molecule has 0 aromatic rings. The number of carboxylic acids is 1. The van der Waals surface area contributed by atoms with Gasteiger partial charge in [0.25, 0.3) is 5.91 Å². The van der Waals surface area contributed by atoms with E-state index in [1.54, 1.807) is 0 Å². The molecule has 0 unspecified atom stereocenters. The van der Waals surface area contributed by atoms with Crippen molar-refractivity contribution in [3.63, 3.8) is 0 Å². The van der Waals surface area contributed by atoms with E-state index in [0.717, 1.165) is 6.42 Å². The topological polar surface area (TPSA) is 163 Å². The van der Waals surface area contributed by atoms with Crippen molar-refractivity contribution in [1.82, 2.24) is 5.32 Å². The van der Waals surface area contributed by atoms with Gasteiger partial charge in [0.15, 0.2) is 6.04 Å². The number of quaternary nitrogens is 1. The highest BCUT2D eigenvalue weighted by Gasteiger charge is 2.25. The summed E-state index contributed by atoms with van der Waals surface area (Å²) in [6.07, 6.45) is 1.52. The van der Waals surface area contributed by atoms with Crippen molar-refractivity contribution >= 4 is 17.8 Å². The van der Waals surface area contributed by atoms with Gasteiger partial charge in [-0.15, -0.1) is 0 Å². The molecule has 0 saturated carbocycles. The third-order valence-electron chi connectivity index (χ3n) is 3.27. The fourth-order valence-electron chi connectivity index (χ4n) is 1.61. The molecule has 0 rings (SSSR count). The van der Waals surface area contributed by atoms with Gasteiger partial charge in [-0.25, -0.2) is 0 Å². The Bertz CT molecular complexity index is 355. The maximum absolute atomic E-state index is 11.9. The van der Waals surface area contributed by atoms with Gasteiger partial charge in [0.1, 0.15) is 0 Å². The molecule has 0 bridgehead atoms. The van der Waals surface area contributed by atoms with Gasteiger partial charge in [-0.3, -0.25) is 21.3 Å². The van der Waals surface area contributed by atoms with E-state index in [1.807, 2.05) is 13.8 Å². The predicted molar refractivity (Wildman–Crippen MR) is 71.5 cm³/mol. The summed E-state index contributed by atoms with van der Waals surface area (Å²) in [7, 11) is 0. The van der Waals surface area contributed by atoms with Crippen LogP contribution in [0.2, 0.25) is 0 Å². The molecule has 116 valence electrons. The van der Waals surface area contributed by atoms with Crippen molar-refractivity contribution in [3.8, 4) is 0 Å². The van der Waals surface area contributed by atoms with Gasteiger partial charge >= 0.3 is 5.96 Å². The SMILES string of the molecule is CC[C@H](C)[C@H]([NH3+])C(=O)N[C@@H](CCC[NH+]=C(N)N)C(=O)[O-]. The zero-order valence-corrected chi connectivity index (χ0v) is 12.1. The Hall–Kier alpha value is -1.83. The first kappa shape index (κ1) is 18.2. The summed E-state index contributed by atoms with van der Waals surface area (Å²) in [6.45, 7) is 4.28. The average Bonchev–Trinajstić information content (AvgIpc) is 2.39. The summed E-state index contributed by atoms with van der Waals surface area (Å²) in [5.74, 6) is -1.51. The minimum absolute atomic E-state index is 0.0774. The Morgan fingerprint density at radius 3 is 2.45 bits per heavy atom. The maximum Gasteiger partial charge on any atom is 0.338 e. The van der Waals surface area contributed by atoms with E-state index >= 15 is 0 Å². The van der Waals surface area contributed by atoms with E-state index in [-0.39, 0.29) is 24.2 Å². The first-order chi connectivity index (χ1) is 9.29. The second kappa shape index (κ2) is 9.13. The molecule has 8 heteroatoms. The number of carbonyl (C=O) groups excluding carboxylic acids is 2. The third-order valence-corrected chi connectivity index (χ3v) is 3.27. The standard InChI is InChI=1S/C12H25N5O3/c1-3-7(2)9(13)10(18)17-8(11(19)20)5-4-6-16-12(14)15/h7-9H,3-6,13H2,1-2H3,(H,17,18)(H,19,20)(H4,14,15,16)/p+1/t7-,8-,9-/m0/s1. The molecule has 0 fully saturated rings. The minimum atomic E-state index is -1.31. The molecule has 20 heavy (non-hydrogen) atoms. The van der Waals surface area contributed by atoms with Crippen LogP contribution < -0.4 is 32.6 Å². The van der Waals surface area contributed by atoms with E-state index < -0.39 is 18.1 Å². The van der Waals surface area contributed by atoms with Gasteiger partial charge in [0.05, 0.1) is 18.6 Å². The fraction of sp³-hybridized carbons (Fsp3) is 0.750. The molecule has 3 atom stereocenters. The molecule has 0 aliphatic heterocycles. The van der Waals surface area contributed by atoms with Gasteiger partial charge in [0.2, 0.25) is 0 Å². The number of guanidine groups is 1. The highest BCUT2D eigenvalue weighted by molar-refractivity contribution is 5.85. The molecule has 0 aliphatic carbocycles. The quantitative estimate of drug-likeness (QED) is 0.163. The van der Waals surface area contributed by atoms with Crippen molar-refractivity contribution in [2.45, 2.75) is 45.2 Å². The number of hydrogen-bond acceptors (Lipinski definition) is 3. The highest BCUT2D eigenvalue weighted by atomic mass is 16.4. The molecule has 8 nitrogen and oxygen atoms in total. The lowest BCUT2D eigenvalue weighted by atomic mass is 9.99. The number of carbonyl (C=O) groups is 2. The molecule has 0 aromatic carbocycles. The van der Waals surface area contributed by atoms with Gasteiger partial charge in [-0.05, 0) is 19.3 Å². The molecular weight excluding hydrogens is 262 g/mol. The Kier molecular flexibility index (Phi) is 8.30. The lowest BCUT2D eigenvalue weighted by Crippen LogP contribution is -2.78. The van der Waals surface area contributed by atoms with Gasteiger partial charge in [-0.1, -0.05) is 13.8 Å². The zero-order chi connectivity index (χ0) is 15.7. The second-order valence-corrected chi connectivity index (χ2v) is 4.90. The summed E-state index contributed by atoms with van der Waals surface area (Å²) < 4.78 is 0. The number of carboxylic acid groups (broad SMARTS) is 1. The normalized spacial score (nSPS) is 14.9. The molecule has 0 saturated heterocycles. The molecule has 1 amide bonds. The van der Waals surface area contributed by atoms with Crippen molar-refractivity contribution in [3.05, 3.63) is 0 Å². The summed E-state index contributed by atoms with van der Waals surface area (Å²) in [4.78, 5) is 25.6. The Morgan fingerprint density at radius 1 is 1.40 bits per heavy atom. The third kappa shape index (κ3) is 6.93. The molecule has 0 aromatic heterocycles.